The molecule has 2 aromatic rings. The van der Waals surface area contributed by atoms with E-state index < -0.39 is 5.95 Å². The number of nitrogens with one attached hydrogen (secondary N) is 1. The first-order valence-electron chi connectivity index (χ1n) is 5.80. The number of carbonyl (C=O) groups excluding carboxylic acids is 1. The van der Waals surface area contributed by atoms with Crippen molar-refractivity contribution in [2.45, 2.75) is 6.42 Å². The molecular formula is C14H12F2N2O. The smallest absolute Gasteiger partial charge is 0.252 e. The van der Waals surface area contributed by atoms with Gasteiger partial charge in [-0.25, -0.2) is 9.37 Å². The molecule has 0 spiro atoms. The first-order valence-corrected chi connectivity index (χ1v) is 5.80. The Balaban J connectivity index is 1.88. The first kappa shape index (κ1) is 13.1. The van der Waals surface area contributed by atoms with Crippen molar-refractivity contribution in [1.29, 1.82) is 0 Å². The molecule has 1 heterocycles. The molecule has 1 amide bonds. The zero-order valence-electron chi connectivity index (χ0n) is 10.1. The van der Waals surface area contributed by atoms with Gasteiger partial charge in [-0.05, 0) is 30.2 Å². The molecule has 1 aromatic carbocycles. The standard InChI is InChI=1S/C14H12F2N2O/c15-12-4-2-1-3-10(12)7-8-17-14(19)11-5-6-13(16)18-9-11/h1-6,9H,7-8H2,(H,17,19). The number of nitrogens with zero attached hydrogens (tertiary/aromatic N) is 1. The van der Waals surface area contributed by atoms with Gasteiger partial charge < -0.3 is 5.32 Å². The van der Waals surface area contributed by atoms with Gasteiger partial charge in [-0.1, -0.05) is 18.2 Å². The van der Waals surface area contributed by atoms with Gasteiger partial charge in [-0.2, -0.15) is 4.39 Å². The molecule has 98 valence electrons. The van der Waals surface area contributed by atoms with Crippen molar-refractivity contribution in [3.05, 3.63) is 65.5 Å². The molecule has 19 heavy (non-hydrogen) atoms. The lowest BCUT2D eigenvalue weighted by molar-refractivity contribution is 0.0953. The van der Waals surface area contributed by atoms with Crippen molar-refractivity contribution in [2.75, 3.05) is 6.54 Å². The summed E-state index contributed by atoms with van der Waals surface area (Å²) in [7, 11) is 0. The summed E-state index contributed by atoms with van der Waals surface area (Å²) in [5.41, 5.74) is 0.815. The normalized spacial score (nSPS) is 10.2. The summed E-state index contributed by atoms with van der Waals surface area (Å²) in [5, 5.41) is 2.63. The molecule has 0 saturated carbocycles. The Morgan fingerprint density at radius 3 is 2.63 bits per heavy atom. The Bertz CT molecular complexity index is 570. The van der Waals surface area contributed by atoms with Crippen LogP contribution in [-0.4, -0.2) is 17.4 Å². The van der Waals surface area contributed by atoms with Crippen LogP contribution in [0.4, 0.5) is 8.78 Å². The number of pyridine rings is 1. The lowest BCUT2D eigenvalue weighted by atomic mass is 10.1. The average Bonchev–Trinajstić information content (AvgIpc) is 2.41. The second-order valence-corrected chi connectivity index (χ2v) is 3.97. The van der Waals surface area contributed by atoms with Gasteiger partial charge in [0.2, 0.25) is 5.95 Å². The lowest BCUT2D eigenvalue weighted by Crippen LogP contribution is -2.26. The first-order chi connectivity index (χ1) is 9.16. The van der Waals surface area contributed by atoms with Gasteiger partial charge in [-0.15, -0.1) is 0 Å². The van der Waals surface area contributed by atoms with Crippen molar-refractivity contribution < 1.29 is 13.6 Å². The minimum Gasteiger partial charge on any atom is -0.352 e. The van der Waals surface area contributed by atoms with E-state index in [1.54, 1.807) is 18.2 Å². The van der Waals surface area contributed by atoms with Crippen LogP contribution in [-0.2, 0) is 6.42 Å². The van der Waals surface area contributed by atoms with E-state index in [0.717, 1.165) is 12.3 Å². The molecule has 0 aliphatic heterocycles. The number of hydrogen-bond donors (Lipinski definition) is 1. The Labute approximate surface area is 109 Å². The van der Waals surface area contributed by atoms with Crippen LogP contribution < -0.4 is 5.32 Å². The Kier molecular flexibility index (Phi) is 4.18. The average molecular weight is 262 g/mol. The molecule has 0 aliphatic rings. The molecule has 0 saturated heterocycles. The number of amides is 1. The van der Waals surface area contributed by atoms with Crippen molar-refractivity contribution in [3.8, 4) is 0 Å². The van der Waals surface area contributed by atoms with Crippen LogP contribution in [0.2, 0.25) is 0 Å². The van der Waals surface area contributed by atoms with Crippen LogP contribution in [0.3, 0.4) is 0 Å². The Morgan fingerprint density at radius 1 is 1.16 bits per heavy atom. The fraction of sp³-hybridized carbons (Fsp3) is 0.143. The molecule has 0 radical (unpaired) electrons. The topological polar surface area (TPSA) is 42.0 Å². The van der Waals surface area contributed by atoms with Gasteiger partial charge >= 0.3 is 0 Å². The zero-order valence-corrected chi connectivity index (χ0v) is 10.1. The Morgan fingerprint density at radius 2 is 1.95 bits per heavy atom. The predicted octanol–water partition coefficient (Wildman–Crippen LogP) is 2.33. The number of aromatic nitrogens is 1. The van der Waals surface area contributed by atoms with Gasteiger partial charge in [0.1, 0.15) is 5.82 Å². The summed E-state index contributed by atoms with van der Waals surface area (Å²) in [4.78, 5) is 15.1. The molecular weight excluding hydrogens is 250 g/mol. The van der Waals surface area contributed by atoms with Crippen LogP contribution in [0.25, 0.3) is 0 Å². The molecule has 0 unspecified atom stereocenters. The maximum atomic E-state index is 13.3. The van der Waals surface area contributed by atoms with E-state index in [1.165, 1.54) is 12.1 Å². The summed E-state index contributed by atoms with van der Waals surface area (Å²) in [5.74, 6) is -1.29. The third kappa shape index (κ3) is 3.58. The van der Waals surface area contributed by atoms with Crippen molar-refractivity contribution in [1.82, 2.24) is 10.3 Å². The largest absolute Gasteiger partial charge is 0.352 e. The fourth-order valence-electron chi connectivity index (χ4n) is 1.62. The molecule has 2 rings (SSSR count). The summed E-state index contributed by atoms with van der Waals surface area (Å²) in [6, 6.07) is 8.86. The molecule has 0 atom stereocenters. The van der Waals surface area contributed by atoms with Crippen LogP contribution >= 0.6 is 0 Å². The number of halogens is 2. The Hall–Kier alpha value is -2.30. The lowest BCUT2D eigenvalue weighted by Gasteiger charge is -2.05. The van der Waals surface area contributed by atoms with Crippen molar-refractivity contribution >= 4 is 5.91 Å². The predicted molar refractivity (Wildman–Crippen MR) is 66.6 cm³/mol. The highest BCUT2D eigenvalue weighted by Crippen LogP contribution is 2.06. The zero-order chi connectivity index (χ0) is 13.7. The van der Waals surface area contributed by atoms with Crippen LogP contribution in [0.5, 0.6) is 0 Å². The summed E-state index contributed by atoms with van der Waals surface area (Å²) in [6.07, 6.45) is 1.56. The number of rotatable bonds is 4. The second kappa shape index (κ2) is 6.04. The van der Waals surface area contributed by atoms with Gasteiger partial charge in [0.05, 0.1) is 5.56 Å². The van der Waals surface area contributed by atoms with Crippen molar-refractivity contribution in [2.24, 2.45) is 0 Å². The monoisotopic (exact) mass is 262 g/mol. The van der Waals surface area contributed by atoms with Gasteiger partial charge in [-0.3, -0.25) is 4.79 Å². The van der Waals surface area contributed by atoms with Gasteiger partial charge in [0.15, 0.2) is 0 Å². The SMILES string of the molecule is O=C(NCCc1ccccc1F)c1ccc(F)nc1. The van der Waals surface area contributed by atoms with E-state index in [0.29, 0.717) is 18.5 Å². The molecule has 0 fully saturated rings. The number of hydrogen-bond acceptors (Lipinski definition) is 2. The van der Waals surface area contributed by atoms with E-state index >= 15 is 0 Å². The van der Waals surface area contributed by atoms with Crippen LogP contribution in [0.15, 0.2) is 42.6 Å². The van der Waals surface area contributed by atoms with E-state index in [1.807, 2.05) is 0 Å². The second-order valence-electron chi connectivity index (χ2n) is 3.97. The minimum atomic E-state index is -0.636. The molecule has 0 bridgehead atoms. The van der Waals surface area contributed by atoms with E-state index in [2.05, 4.69) is 10.3 Å². The number of carbonyl (C=O) groups is 1. The molecule has 1 N–H and O–H groups in total. The third-order valence-electron chi connectivity index (χ3n) is 2.63. The molecule has 0 aliphatic carbocycles. The maximum Gasteiger partial charge on any atom is 0.252 e. The van der Waals surface area contributed by atoms with Crippen LogP contribution in [0.1, 0.15) is 15.9 Å². The fourth-order valence-corrected chi connectivity index (χ4v) is 1.62. The van der Waals surface area contributed by atoms with Gasteiger partial charge in [0, 0.05) is 12.7 Å². The van der Waals surface area contributed by atoms with E-state index in [-0.39, 0.29) is 17.3 Å². The van der Waals surface area contributed by atoms with Crippen molar-refractivity contribution in [3.63, 3.8) is 0 Å². The highest BCUT2D eigenvalue weighted by atomic mass is 19.1. The summed E-state index contributed by atoms with van der Waals surface area (Å²) < 4.78 is 25.9. The highest BCUT2D eigenvalue weighted by molar-refractivity contribution is 5.93. The summed E-state index contributed by atoms with van der Waals surface area (Å²) >= 11 is 0. The third-order valence-corrected chi connectivity index (χ3v) is 2.63. The molecule has 3 nitrogen and oxygen atoms in total. The summed E-state index contributed by atoms with van der Waals surface area (Å²) in [6.45, 7) is 0.303. The quantitative estimate of drug-likeness (QED) is 0.859. The minimum absolute atomic E-state index is 0.273. The molecule has 1 aromatic heterocycles. The maximum absolute atomic E-state index is 13.3. The van der Waals surface area contributed by atoms with E-state index in [9.17, 15) is 13.6 Å². The van der Waals surface area contributed by atoms with Gasteiger partial charge in [0.25, 0.3) is 5.91 Å². The molecule has 5 heteroatoms. The number of benzene rings is 1. The van der Waals surface area contributed by atoms with Crippen LogP contribution in [0, 0.1) is 11.8 Å². The highest BCUT2D eigenvalue weighted by Gasteiger charge is 2.06. The van der Waals surface area contributed by atoms with E-state index in [4.69, 9.17) is 0 Å².